The molecule has 3 rings (SSSR count). The molecule has 3 aliphatic heterocycles. The molecule has 3 amide bonds. The molecule has 0 spiro atoms. The van der Waals surface area contributed by atoms with Gasteiger partial charge in [0, 0.05) is 19.6 Å². The normalized spacial score (nSPS) is 20.6. The van der Waals surface area contributed by atoms with E-state index in [-0.39, 0.29) is 107 Å². The van der Waals surface area contributed by atoms with E-state index >= 15 is 0 Å². The maximum atomic E-state index is 13.3. The molecule has 15 nitrogen and oxygen atoms in total. The van der Waals surface area contributed by atoms with E-state index in [9.17, 15) is 28.8 Å². The fourth-order valence-electron chi connectivity index (χ4n) is 5.25. The molecule has 0 N–H and O–H groups in total. The van der Waals surface area contributed by atoms with E-state index in [1.807, 2.05) is 41.5 Å². The van der Waals surface area contributed by atoms with Crippen LogP contribution in [-0.2, 0) is 42.6 Å². The predicted molar refractivity (Wildman–Crippen MR) is 163 cm³/mol. The summed E-state index contributed by atoms with van der Waals surface area (Å²) in [5.41, 5.74) is 0. The second-order valence-corrected chi connectivity index (χ2v) is 13.1. The van der Waals surface area contributed by atoms with Crippen LogP contribution in [0.3, 0.4) is 0 Å². The fraction of sp³-hybridized carbons (Fsp3) is 0.800. The van der Waals surface area contributed by atoms with Crippen molar-refractivity contribution in [1.82, 2.24) is 14.7 Å². The van der Waals surface area contributed by atoms with Gasteiger partial charge in [0.15, 0.2) is 0 Å². The Labute approximate surface area is 300 Å². The van der Waals surface area contributed by atoms with E-state index in [4.69, 9.17) is 28.2 Å². The van der Waals surface area contributed by atoms with Crippen molar-refractivity contribution in [3.8, 4) is 0 Å². The van der Waals surface area contributed by atoms with Crippen molar-refractivity contribution in [3.05, 3.63) is 0 Å². The minimum absolute atomic E-state index is 0. The van der Waals surface area contributed by atoms with E-state index in [1.54, 1.807) is 0 Å². The van der Waals surface area contributed by atoms with Gasteiger partial charge in [-0.2, -0.15) is 0 Å². The van der Waals surface area contributed by atoms with Crippen LogP contribution in [0.4, 0.5) is 14.4 Å². The van der Waals surface area contributed by atoms with Crippen LogP contribution in [0, 0.1) is 17.8 Å². The molecular weight excluding hydrogens is 628 g/mol. The van der Waals surface area contributed by atoms with Gasteiger partial charge in [0.2, 0.25) is 0 Å². The standard InChI is InChI=1S/C30H48BN3O12.Na.H/c1-19(2)16-41-28(38)32-13-7-10-22(32)25(35)44-31(45-26(36)23-11-8-14-33(23)29(39)42-17-20(3)4)46-27(37)24-12-9-15-34(24)30(40)43-18-21(5)6;;/h19-24H,7-18H2,1-6H3;;/q;+1;-1/t22-,23-,24-;;/m1../s1. The summed E-state index contributed by atoms with van der Waals surface area (Å²) >= 11 is 0. The summed E-state index contributed by atoms with van der Waals surface area (Å²) in [4.78, 5) is 81.7. The molecule has 0 saturated carbocycles. The first-order valence-corrected chi connectivity index (χ1v) is 16.2. The average Bonchev–Trinajstić information content (AvgIpc) is 3.78. The number of carbonyl (C=O) groups excluding carboxylic acids is 6. The van der Waals surface area contributed by atoms with Crippen molar-refractivity contribution < 1.29 is 87.9 Å². The predicted octanol–water partition coefficient (Wildman–Crippen LogP) is 0.488. The Hall–Kier alpha value is -2.72. The van der Waals surface area contributed by atoms with Gasteiger partial charge in [-0.1, -0.05) is 41.5 Å². The zero-order valence-electron chi connectivity index (χ0n) is 29.8. The molecule has 3 saturated heterocycles. The molecule has 260 valence electrons. The number of hydrogen-bond donors (Lipinski definition) is 0. The van der Waals surface area contributed by atoms with Crippen LogP contribution in [-0.4, -0.2) is 116 Å². The Morgan fingerprint density at radius 3 is 1.04 bits per heavy atom. The molecule has 3 heterocycles. The molecule has 0 aliphatic carbocycles. The van der Waals surface area contributed by atoms with Crippen molar-refractivity contribution in [2.45, 2.75) is 98.2 Å². The largest absolute Gasteiger partial charge is 1.00 e. The molecule has 3 aliphatic rings. The Bertz CT molecular complexity index is 984. The summed E-state index contributed by atoms with van der Waals surface area (Å²) < 4.78 is 32.1. The molecule has 0 unspecified atom stereocenters. The van der Waals surface area contributed by atoms with Crippen molar-refractivity contribution in [1.29, 1.82) is 0 Å². The zero-order valence-corrected chi connectivity index (χ0v) is 30.8. The number of likely N-dealkylation sites (tertiary alicyclic amines) is 3. The van der Waals surface area contributed by atoms with E-state index in [2.05, 4.69) is 0 Å². The molecule has 0 aromatic heterocycles. The first-order chi connectivity index (χ1) is 21.8. The van der Waals surface area contributed by atoms with Crippen molar-refractivity contribution >= 4 is 43.5 Å². The molecular formula is C30H49BN3NaO12. The smallest absolute Gasteiger partial charge is 1.00 e. The first-order valence-electron chi connectivity index (χ1n) is 16.2. The van der Waals surface area contributed by atoms with Gasteiger partial charge in [0.1, 0.15) is 18.1 Å². The number of hydrogen-bond acceptors (Lipinski definition) is 12. The van der Waals surface area contributed by atoms with Crippen LogP contribution < -0.4 is 29.6 Å². The third kappa shape index (κ3) is 12.0. The Balaban J connectivity index is 0.00000576. The van der Waals surface area contributed by atoms with Gasteiger partial charge < -0.3 is 29.6 Å². The average molecular weight is 678 g/mol. The SMILES string of the molecule is CC(C)COC(=O)N1CCC[C@@H]1C(=O)OB(OC(=O)[C@H]1CCCN1C(=O)OCC(C)C)OC(=O)[C@H]1CCCN1C(=O)OCC(C)C.[H-].[Na+]. The van der Waals surface area contributed by atoms with E-state index in [0.29, 0.717) is 19.3 Å². The van der Waals surface area contributed by atoms with Crippen molar-refractivity contribution in [2.75, 3.05) is 39.5 Å². The quantitative estimate of drug-likeness (QED) is 0.208. The molecule has 17 heteroatoms. The second-order valence-electron chi connectivity index (χ2n) is 13.1. The van der Waals surface area contributed by atoms with Gasteiger partial charge in [0.25, 0.3) is 0 Å². The van der Waals surface area contributed by atoms with Crippen LogP contribution in [0.25, 0.3) is 0 Å². The third-order valence-electron chi connectivity index (χ3n) is 7.54. The number of rotatable bonds is 12. The Morgan fingerprint density at radius 1 is 0.553 bits per heavy atom. The number of nitrogens with zero attached hydrogens (tertiary/aromatic N) is 3. The number of amides is 3. The summed E-state index contributed by atoms with van der Waals surface area (Å²) in [6.45, 7) is 12.5. The monoisotopic (exact) mass is 677 g/mol. The van der Waals surface area contributed by atoms with Crippen molar-refractivity contribution in [2.24, 2.45) is 17.8 Å². The van der Waals surface area contributed by atoms with E-state index < -0.39 is 61.6 Å². The third-order valence-corrected chi connectivity index (χ3v) is 7.54. The van der Waals surface area contributed by atoms with Crippen LogP contribution in [0.2, 0.25) is 0 Å². The maximum absolute atomic E-state index is 13.3. The van der Waals surface area contributed by atoms with E-state index in [1.165, 1.54) is 14.7 Å². The van der Waals surface area contributed by atoms with Crippen LogP contribution >= 0.6 is 0 Å². The summed E-state index contributed by atoms with van der Waals surface area (Å²) in [5, 5.41) is 0. The minimum Gasteiger partial charge on any atom is -1.00 e. The fourth-order valence-corrected chi connectivity index (χ4v) is 5.25. The van der Waals surface area contributed by atoms with Gasteiger partial charge in [-0.3, -0.25) is 29.1 Å². The van der Waals surface area contributed by atoms with Gasteiger partial charge in [-0.05, 0) is 56.3 Å². The second kappa shape index (κ2) is 19.3. The molecule has 3 atom stereocenters. The summed E-state index contributed by atoms with van der Waals surface area (Å²) in [6.07, 6.45) is 0.148. The van der Waals surface area contributed by atoms with Crippen LogP contribution in [0.15, 0.2) is 0 Å². The zero-order chi connectivity index (χ0) is 34.0. The molecule has 0 bridgehead atoms. The van der Waals surface area contributed by atoms with Gasteiger partial charge >= 0.3 is 73.1 Å². The summed E-state index contributed by atoms with van der Waals surface area (Å²) in [6, 6.07) is -3.20. The minimum atomic E-state index is -2.15. The molecule has 47 heavy (non-hydrogen) atoms. The molecule has 0 aromatic rings. The van der Waals surface area contributed by atoms with Gasteiger partial charge in [0.05, 0.1) is 19.8 Å². The molecule has 0 radical (unpaired) electrons. The Kier molecular flexibility index (Phi) is 16.6. The number of carbonyl (C=O) groups is 6. The van der Waals surface area contributed by atoms with Gasteiger partial charge in [-0.25, -0.2) is 14.4 Å². The first kappa shape index (κ1) is 40.5. The maximum Gasteiger partial charge on any atom is 1.00 e. The van der Waals surface area contributed by atoms with Gasteiger partial charge in [-0.15, -0.1) is 0 Å². The topological polar surface area (TPSA) is 168 Å². The Morgan fingerprint density at radius 2 is 0.809 bits per heavy atom. The molecule has 0 aromatic carbocycles. The molecule has 3 fully saturated rings. The summed E-state index contributed by atoms with van der Waals surface area (Å²) in [7, 11) is -2.15. The van der Waals surface area contributed by atoms with Crippen LogP contribution in [0.1, 0.15) is 81.5 Å². The van der Waals surface area contributed by atoms with Crippen molar-refractivity contribution in [3.63, 3.8) is 0 Å². The van der Waals surface area contributed by atoms with Crippen LogP contribution in [0.5, 0.6) is 0 Å². The van der Waals surface area contributed by atoms with E-state index in [0.717, 1.165) is 0 Å². The summed E-state index contributed by atoms with van der Waals surface area (Å²) in [5.74, 6) is -2.67. The number of ether oxygens (including phenoxy) is 3.